The zero-order valence-electron chi connectivity index (χ0n) is 13.6. The van der Waals surface area contributed by atoms with E-state index in [1.165, 1.54) is 5.56 Å². The highest BCUT2D eigenvalue weighted by molar-refractivity contribution is 6.32. The van der Waals surface area contributed by atoms with Gasteiger partial charge in [-0.2, -0.15) is 0 Å². The molecule has 2 aromatic carbocycles. The SMILES string of the molecule is CN(C)CC#Cc1ccc(OCCCc2c[c]ccc2)c(Cl)c1. The number of hydrogen-bond donors (Lipinski definition) is 0. The van der Waals surface area contributed by atoms with Crippen molar-refractivity contribution in [1.82, 2.24) is 4.90 Å². The predicted octanol–water partition coefficient (Wildman–Crippen LogP) is 4.06. The van der Waals surface area contributed by atoms with Crippen molar-refractivity contribution in [2.45, 2.75) is 12.8 Å². The van der Waals surface area contributed by atoms with E-state index in [0.29, 0.717) is 17.4 Å². The summed E-state index contributed by atoms with van der Waals surface area (Å²) in [5.74, 6) is 6.90. The standard InChI is InChI=1S/C20H21ClNO/c1-22(2)14-6-10-18-12-13-20(19(21)16-18)23-15-7-11-17-8-4-3-5-9-17/h3-4,8-9,12-13,16H,7,11,14-15H2,1-2H3. The molecule has 0 saturated carbocycles. The Kier molecular flexibility index (Phi) is 7.00. The average molecular weight is 327 g/mol. The summed E-state index contributed by atoms with van der Waals surface area (Å²) in [6.07, 6.45) is 1.92. The fourth-order valence-electron chi connectivity index (χ4n) is 2.04. The molecule has 0 amide bonds. The third-order valence-electron chi connectivity index (χ3n) is 3.20. The Morgan fingerprint density at radius 2 is 2.13 bits per heavy atom. The minimum Gasteiger partial charge on any atom is -0.492 e. The van der Waals surface area contributed by atoms with Gasteiger partial charge in [-0.05, 0) is 56.8 Å². The summed E-state index contributed by atoms with van der Waals surface area (Å²) in [5, 5.41) is 0.606. The van der Waals surface area contributed by atoms with Gasteiger partial charge in [0, 0.05) is 5.56 Å². The molecule has 2 nitrogen and oxygen atoms in total. The Morgan fingerprint density at radius 3 is 2.83 bits per heavy atom. The molecule has 0 unspecified atom stereocenters. The molecule has 23 heavy (non-hydrogen) atoms. The lowest BCUT2D eigenvalue weighted by Gasteiger charge is -2.08. The average Bonchev–Trinajstić information content (AvgIpc) is 2.54. The first-order chi connectivity index (χ1) is 11.1. The van der Waals surface area contributed by atoms with E-state index >= 15 is 0 Å². The second-order valence-corrected chi connectivity index (χ2v) is 5.96. The van der Waals surface area contributed by atoms with Gasteiger partial charge in [-0.25, -0.2) is 0 Å². The van der Waals surface area contributed by atoms with Crippen LogP contribution >= 0.6 is 11.6 Å². The van der Waals surface area contributed by atoms with Crippen LogP contribution in [0.2, 0.25) is 5.02 Å². The molecule has 0 atom stereocenters. The van der Waals surface area contributed by atoms with Crippen LogP contribution in [0.25, 0.3) is 0 Å². The van der Waals surface area contributed by atoms with Crippen LogP contribution in [0.15, 0.2) is 42.5 Å². The molecule has 0 fully saturated rings. The van der Waals surface area contributed by atoms with Gasteiger partial charge in [0.2, 0.25) is 0 Å². The summed E-state index contributed by atoms with van der Waals surface area (Å²) < 4.78 is 5.76. The fourth-order valence-corrected chi connectivity index (χ4v) is 2.27. The van der Waals surface area contributed by atoms with Gasteiger partial charge in [0.05, 0.1) is 18.2 Å². The van der Waals surface area contributed by atoms with E-state index in [1.807, 2.05) is 55.4 Å². The van der Waals surface area contributed by atoms with Crippen LogP contribution in [0.1, 0.15) is 17.5 Å². The quantitative estimate of drug-likeness (QED) is 0.586. The summed E-state index contributed by atoms with van der Waals surface area (Å²) in [6, 6.07) is 16.8. The molecule has 2 rings (SSSR count). The molecule has 0 aliphatic rings. The van der Waals surface area contributed by atoms with Gasteiger partial charge in [-0.15, -0.1) is 0 Å². The van der Waals surface area contributed by atoms with E-state index < -0.39 is 0 Å². The molecule has 0 spiro atoms. The van der Waals surface area contributed by atoms with Crippen LogP contribution < -0.4 is 4.74 Å². The highest BCUT2D eigenvalue weighted by Crippen LogP contribution is 2.25. The van der Waals surface area contributed by atoms with Crippen molar-refractivity contribution < 1.29 is 4.74 Å². The first-order valence-electron chi connectivity index (χ1n) is 7.66. The van der Waals surface area contributed by atoms with Gasteiger partial charge in [-0.3, -0.25) is 4.90 Å². The van der Waals surface area contributed by atoms with Crippen LogP contribution in [0.3, 0.4) is 0 Å². The molecule has 0 saturated heterocycles. The third-order valence-corrected chi connectivity index (χ3v) is 3.49. The molecule has 0 aliphatic heterocycles. The van der Waals surface area contributed by atoms with Crippen molar-refractivity contribution in [1.29, 1.82) is 0 Å². The van der Waals surface area contributed by atoms with E-state index in [9.17, 15) is 0 Å². The van der Waals surface area contributed by atoms with Gasteiger partial charge < -0.3 is 4.74 Å². The summed E-state index contributed by atoms with van der Waals surface area (Å²) in [5.41, 5.74) is 2.18. The first kappa shape index (κ1) is 17.4. The summed E-state index contributed by atoms with van der Waals surface area (Å²) >= 11 is 6.26. The molecular formula is C20H21ClNO. The molecule has 0 aromatic heterocycles. The Morgan fingerprint density at radius 1 is 1.26 bits per heavy atom. The van der Waals surface area contributed by atoms with Crippen molar-refractivity contribution >= 4 is 11.6 Å². The number of ether oxygens (including phenoxy) is 1. The van der Waals surface area contributed by atoms with Gasteiger partial charge in [0.1, 0.15) is 5.75 Å². The normalized spacial score (nSPS) is 10.3. The minimum absolute atomic E-state index is 0.606. The van der Waals surface area contributed by atoms with Gasteiger partial charge in [0.15, 0.2) is 0 Å². The van der Waals surface area contributed by atoms with Crippen molar-refractivity contribution in [2.24, 2.45) is 0 Å². The lowest BCUT2D eigenvalue weighted by molar-refractivity contribution is 0.311. The fraction of sp³-hybridized carbons (Fsp3) is 0.300. The van der Waals surface area contributed by atoms with Crippen molar-refractivity contribution in [2.75, 3.05) is 27.2 Å². The number of benzene rings is 2. The summed E-state index contributed by atoms with van der Waals surface area (Å²) in [4.78, 5) is 2.02. The molecule has 0 aliphatic carbocycles. The maximum absolute atomic E-state index is 6.26. The van der Waals surface area contributed by atoms with E-state index in [2.05, 4.69) is 24.0 Å². The molecule has 0 bridgehead atoms. The molecule has 2 aromatic rings. The molecule has 1 radical (unpaired) electrons. The zero-order valence-corrected chi connectivity index (χ0v) is 14.4. The Balaban J connectivity index is 1.82. The highest BCUT2D eigenvalue weighted by atomic mass is 35.5. The van der Waals surface area contributed by atoms with E-state index in [4.69, 9.17) is 16.3 Å². The number of aryl methyl sites for hydroxylation is 1. The third kappa shape index (κ3) is 6.36. The van der Waals surface area contributed by atoms with Crippen molar-refractivity contribution in [3.8, 4) is 17.6 Å². The second-order valence-electron chi connectivity index (χ2n) is 5.55. The highest BCUT2D eigenvalue weighted by Gasteiger charge is 2.02. The number of hydrogen-bond acceptors (Lipinski definition) is 2. The molecule has 0 N–H and O–H groups in total. The lowest BCUT2D eigenvalue weighted by atomic mass is 10.1. The van der Waals surface area contributed by atoms with Crippen LogP contribution in [0.5, 0.6) is 5.75 Å². The maximum Gasteiger partial charge on any atom is 0.137 e. The predicted molar refractivity (Wildman–Crippen MR) is 96.0 cm³/mol. The largest absolute Gasteiger partial charge is 0.492 e. The van der Waals surface area contributed by atoms with Gasteiger partial charge in [-0.1, -0.05) is 47.7 Å². The number of nitrogens with zero attached hydrogens (tertiary/aromatic N) is 1. The molecule has 0 heterocycles. The van der Waals surface area contributed by atoms with Crippen LogP contribution in [-0.4, -0.2) is 32.1 Å². The topological polar surface area (TPSA) is 12.5 Å². The molecular weight excluding hydrogens is 306 g/mol. The second kappa shape index (κ2) is 9.25. The lowest BCUT2D eigenvalue weighted by Crippen LogP contribution is -2.10. The van der Waals surface area contributed by atoms with Crippen LogP contribution in [0.4, 0.5) is 0 Å². The number of halogens is 1. The first-order valence-corrected chi connectivity index (χ1v) is 8.04. The Labute approximate surface area is 144 Å². The van der Waals surface area contributed by atoms with Gasteiger partial charge >= 0.3 is 0 Å². The maximum atomic E-state index is 6.26. The Bertz CT molecular complexity index is 671. The van der Waals surface area contributed by atoms with Crippen LogP contribution in [0, 0.1) is 17.9 Å². The number of rotatable bonds is 6. The summed E-state index contributed by atoms with van der Waals surface area (Å²) in [7, 11) is 3.98. The van der Waals surface area contributed by atoms with Crippen molar-refractivity contribution in [3.05, 3.63) is 64.7 Å². The van der Waals surface area contributed by atoms with E-state index in [-0.39, 0.29) is 0 Å². The van der Waals surface area contributed by atoms with Crippen molar-refractivity contribution in [3.63, 3.8) is 0 Å². The monoisotopic (exact) mass is 326 g/mol. The Hall–Kier alpha value is -1.95. The molecule has 3 heteroatoms. The molecule has 119 valence electrons. The zero-order chi connectivity index (χ0) is 16.5. The summed E-state index contributed by atoms with van der Waals surface area (Å²) in [6.45, 7) is 1.37. The smallest absolute Gasteiger partial charge is 0.137 e. The van der Waals surface area contributed by atoms with E-state index in [0.717, 1.165) is 24.9 Å². The van der Waals surface area contributed by atoms with Crippen LogP contribution in [-0.2, 0) is 6.42 Å². The van der Waals surface area contributed by atoms with Gasteiger partial charge in [0.25, 0.3) is 0 Å². The minimum atomic E-state index is 0.606. The van der Waals surface area contributed by atoms with E-state index in [1.54, 1.807) is 0 Å².